The minimum atomic E-state index is -0.357. The zero-order valence-electron chi connectivity index (χ0n) is 33.5. The fourth-order valence-electron chi connectivity index (χ4n) is 10.3. The van der Waals surface area contributed by atoms with E-state index in [0.717, 1.165) is 33.4 Å². The predicted molar refractivity (Wildman–Crippen MR) is 256 cm³/mol. The SMILES string of the molecule is c1ccc(-c2nc(-c3ccc4sc5ccccc5c4c3)nc(-c3ccccc3-c3cccc(-c4ccc5c(c4)-c4ccccc4C54c5ccccc5-c5ccccc54)c3)n2)cc1. The molecule has 0 atom stereocenters. The minimum absolute atomic E-state index is 0.357. The second-order valence-electron chi connectivity index (χ2n) is 16.3. The fraction of sp³-hybridized carbons (Fsp3) is 0.0172. The van der Waals surface area contributed by atoms with E-state index >= 15 is 0 Å². The second kappa shape index (κ2) is 13.6. The van der Waals surface area contributed by atoms with Crippen molar-refractivity contribution in [2.75, 3.05) is 0 Å². The van der Waals surface area contributed by atoms with E-state index in [2.05, 4.69) is 194 Å². The Labute approximate surface area is 363 Å². The van der Waals surface area contributed by atoms with Gasteiger partial charge in [0.1, 0.15) is 0 Å². The van der Waals surface area contributed by atoms with E-state index in [1.807, 2.05) is 29.5 Å². The third kappa shape index (κ3) is 5.14. The number of hydrogen-bond donors (Lipinski definition) is 0. The Hall–Kier alpha value is -7.79. The van der Waals surface area contributed by atoms with Gasteiger partial charge in [0.05, 0.1) is 5.41 Å². The van der Waals surface area contributed by atoms with Gasteiger partial charge in [0.15, 0.2) is 17.5 Å². The molecule has 2 aliphatic carbocycles. The predicted octanol–water partition coefficient (Wildman–Crippen LogP) is 14.9. The molecule has 1 spiro atoms. The van der Waals surface area contributed by atoms with E-state index in [1.165, 1.54) is 70.2 Å². The maximum absolute atomic E-state index is 5.25. The Morgan fingerprint density at radius 2 is 0.774 bits per heavy atom. The number of nitrogens with zero attached hydrogens (tertiary/aromatic N) is 3. The molecule has 0 saturated carbocycles. The Morgan fingerprint density at radius 1 is 0.274 bits per heavy atom. The molecule has 13 rings (SSSR count). The van der Waals surface area contributed by atoms with Crippen molar-refractivity contribution in [3.63, 3.8) is 0 Å². The normalized spacial score (nSPS) is 13.0. The molecule has 0 unspecified atom stereocenters. The molecule has 2 aromatic heterocycles. The van der Waals surface area contributed by atoms with Crippen LogP contribution in [-0.2, 0) is 5.41 Å². The van der Waals surface area contributed by atoms with Crippen molar-refractivity contribution in [3.8, 4) is 78.7 Å². The number of thiophene rings is 1. The lowest BCUT2D eigenvalue weighted by Crippen LogP contribution is -2.25. The Balaban J connectivity index is 0.941. The van der Waals surface area contributed by atoms with Crippen LogP contribution in [0.15, 0.2) is 212 Å². The standard InChI is InChI=1S/C58H35N3S/c1-2-15-36(16-3-1)55-59-56(40-30-32-54-48(35-40)45-23-9-13-28-53(45)62-54)61-57(60-55)46-24-5-4-19-41(46)39-18-14-17-37(33-39)38-29-31-52-47(34-38)44-22-8-12-27-51(44)58(52)49-25-10-6-20-42(49)43-21-7-11-26-50(43)58/h1-35H. The maximum Gasteiger partial charge on any atom is 0.164 e. The number of benzene rings is 9. The number of aromatic nitrogens is 3. The molecule has 0 N–H and O–H groups in total. The van der Waals surface area contributed by atoms with Gasteiger partial charge in [0.25, 0.3) is 0 Å². The molecule has 4 heteroatoms. The highest BCUT2D eigenvalue weighted by atomic mass is 32.1. The molecule has 0 fully saturated rings. The van der Waals surface area contributed by atoms with Gasteiger partial charge in [-0.05, 0) is 103 Å². The van der Waals surface area contributed by atoms with E-state index < -0.39 is 0 Å². The molecule has 0 bridgehead atoms. The van der Waals surface area contributed by atoms with Gasteiger partial charge in [-0.3, -0.25) is 0 Å². The van der Waals surface area contributed by atoms with Gasteiger partial charge in [-0.2, -0.15) is 0 Å². The first-order valence-electron chi connectivity index (χ1n) is 21.1. The molecule has 0 radical (unpaired) electrons. The molecular formula is C58H35N3S. The van der Waals surface area contributed by atoms with Gasteiger partial charge < -0.3 is 0 Å². The summed E-state index contributed by atoms with van der Waals surface area (Å²) in [4.78, 5) is 15.5. The highest BCUT2D eigenvalue weighted by Gasteiger charge is 2.51. The summed E-state index contributed by atoms with van der Waals surface area (Å²) in [5, 5.41) is 2.46. The lowest BCUT2D eigenvalue weighted by molar-refractivity contribution is 0.794. The van der Waals surface area contributed by atoms with Gasteiger partial charge in [-0.25, -0.2) is 15.0 Å². The van der Waals surface area contributed by atoms with Crippen LogP contribution < -0.4 is 0 Å². The number of hydrogen-bond acceptors (Lipinski definition) is 4. The van der Waals surface area contributed by atoms with Gasteiger partial charge >= 0.3 is 0 Å². The quantitative estimate of drug-likeness (QED) is 0.174. The summed E-state index contributed by atoms with van der Waals surface area (Å²) in [5.74, 6) is 1.94. The molecule has 11 aromatic rings. The third-order valence-corrected chi connectivity index (χ3v) is 14.1. The molecule has 62 heavy (non-hydrogen) atoms. The summed E-state index contributed by atoms with van der Waals surface area (Å²) in [6.45, 7) is 0. The molecule has 2 aliphatic rings. The van der Waals surface area contributed by atoms with Crippen LogP contribution >= 0.6 is 11.3 Å². The van der Waals surface area contributed by atoms with Crippen molar-refractivity contribution in [1.29, 1.82) is 0 Å². The van der Waals surface area contributed by atoms with E-state index in [0.29, 0.717) is 17.5 Å². The molecule has 9 aromatic carbocycles. The first-order valence-corrected chi connectivity index (χ1v) is 21.9. The lowest BCUT2D eigenvalue weighted by atomic mass is 9.70. The fourth-order valence-corrected chi connectivity index (χ4v) is 11.4. The average molecular weight is 806 g/mol. The zero-order chi connectivity index (χ0) is 40.8. The van der Waals surface area contributed by atoms with Crippen LogP contribution in [0.1, 0.15) is 22.3 Å². The summed E-state index contributed by atoms with van der Waals surface area (Å²) < 4.78 is 2.52. The number of rotatable bonds is 5. The Bertz CT molecular complexity index is 3560. The minimum Gasteiger partial charge on any atom is -0.208 e. The van der Waals surface area contributed by atoms with Crippen LogP contribution in [0.3, 0.4) is 0 Å². The summed E-state index contributed by atoms with van der Waals surface area (Å²) in [7, 11) is 0. The van der Waals surface area contributed by atoms with Crippen LogP contribution in [0.2, 0.25) is 0 Å². The monoisotopic (exact) mass is 805 g/mol. The molecule has 0 aliphatic heterocycles. The van der Waals surface area contributed by atoms with E-state index in [1.54, 1.807) is 0 Å². The molecule has 288 valence electrons. The van der Waals surface area contributed by atoms with E-state index in [-0.39, 0.29) is 5.41 Å². The largest absolute Gasteiger partial charge is 0.208 e. The second-order valence-corrected chi connectivity index (χ2v) is 17.3. The Kier molecular flexibility index (Phi) is 7.69. The lowest BCUT2D eigenvalue weighted by Gasteiger charge is -2.30. The van der Waals surface area contributed by atoms with Crippen molar-refractivity contribution >= 4 is 31.5 Å². The summed E-state index contributed by atoms with van der Waals surface area (Å²) in [6, 6.07) is 76.9. The van der Waals surface area contributed by atoms with Gasteiger partial charge in [-0.1, -0.05) is 176 Å². The van der Waals surface area contributed by atoms with Gasteiger partial charge in [0.2, 0.25) is 0 Å². The van der Waals surface area contributed by atoms with Gasteiger partial charge in [0, 0.05) is 36.9 Å². The first kappa shape index (κ1) is 35.0. The first-order chi connectivity index (χ1) is 30.7. The highest BCUT2D eigenvalue weighted by molar-refractivity contribution is 7.25. The van der Waals surface area contributed by atoms with Crippen LogP contribution in [0, 0.1) is 0 Å². The summed E-state index contributed by atoms with van der Waals surface area (Å²) >= 11 is 1.81. The topological polar surface area (TPSA) is 38.7 Å². The van der Waals surface area contributed by atoms with Crippen LogP contribution in [-0.4, -0.2) is 15.0 Å². The van der Waals surface area contributed by atoms with E-state index in [4.69, 9.17) is 15.0 Å². The summed E-state index contributed by atoms with van der Waals surface area (Å²) in [6.07, 6.45) is 0. The van der Waals surface area contributed by atoms with Crippen molar-refractivity contribution in [2.45, 2.75) is 5.41 Å². The van der Waals surface area contributed by atoms with Crippen LogP contribution in [0.25, 0.3) is 98.8 Å². The summed E-state index contributed by atoms with van der Waals surface area (Å²) in [5.41, 5.74) is 17.6. The smallest absolute Gasteiger partial charge is 0.164 e. The van der Waals surface area contributed by atoms with Crippen molar-refractivity contribution in [2.24, 2.45) is 0 Å². The molecule has 0 amide bonds. The number of fused-ring (bicyclic) bond motifs is 13. The Morgan fingerprint density at radius 3 is 1.52 bits per heavy atom. The maximum atomic E-state index is 5.25. The molecule has 3 nitrogen and oxygen atoms in total. The zero-order valence-corrected chi connectivity index (χ0v) is 34.3. The van der Waals surface area contributed by atoms with Crippen molar-refractivity contribution in [1.82, 2.24) is 15.0 Å². The molecular weight excluding hydrogens is 771 g/mol. The average Bonchev–Trinajstić information content (AvgIpc) is 3.98. The van der Waals surface area contributed by atoms with Crippen molar-refractivity contribution < 1.29 is 0 Å². The molecule has 0 saturated heterocycles. The highest BCUT2D eigenvalue weighted by Crippen LogP contribution is 2.63. The van der Waals surface area contributed by atoms with Crippen LogP contribution in [0.5, 0.6) is 0 Å². The van der Waals surface area contributed by atoms with Crippen molar-refractivity contribution in [3.05, 3.63) is 235 Å². The third-order valence-electron chi connectivity index (χ3n) is 13.0. The van der Waals surface area contributed by atoms with Crippen LogP contribution in [0.4, 0.5) is 0 Å². The van der Waals surface area contributed by atoms with E-state index in [9.17, 15) is 0 Å². The van der Waals surface area contributed by atoms with Gasteiger partial charge in [-0.15, -0.1) is 11.3 Å². The molecule has 2 heterocycles.